The number of ketones is 1. The highest BCUT2D eigenvalue weighted by molar-refractivity contribution is 9.10. The molecule has 164 valence electrons. The summed E-state index contributed by atoms with van der Waals surface area (Å²) in [4.78, 5) is 12.8. The maximum absolute atomic E-state index is 12.8. The smallest absolute Gasteiger partial charge is 0.205 e. The van der Waals surface area contributed by atoms with Crippen LogP contribution >= 0.6 is 27.5 Å². The van der Waals surface area contributed by atoms with Crippen LogP contribution in [0.2, 0.25) is 5.02 Å². The number of carbonyl (C=O) groups is 1. The third-order valence-electron chi connectivity index (χ3n) is 5.49. The van der Waals surface area contributed by atoms with Crippen molar-refractivity contribution in [2.45, 2.75) is 31.8 Å². The van der Waals surface area contributed by atoms with Crippen LogP contribution in [0, 0.1) is 11.3 Å². The maximum atomic E-state index is 12.8. The zero-order valence-corrected chi connectivity index (χ0v) is 19.6. The molecule has 1 atom stereocenters. The minimum atomic E-state index is -0.618. The number of rotatable bonds is 5. The van der Waals surface area contributed by atoms with E-state index in [9.17, 15) is 10.1 Å². The van der Waals surface area contributed by atoms with Crippen molar-refractivity contribution < 1.29 is 19.0 Å². The number of nitrogens with two attached hydrogens (primary N) is 1. The van der Waals surface area contributed by atoms with Crippen molar-refractivity contribution in [1.82, 2.24) is 0 Å². The minimum absolute atomic E-state index is 0.0316. The van der Waals surface area contributed by atoms with Gasteiger partial charge in [-0.2, -0.15) is 5.26 Å². The van der Waals surface area contributed by atoms with Crippen molar-refractivity contribution >= 4 is 33.3 Å². The van der Waals surface area contributed by atoms with Gasteiger partial charge in [0.25, 0.3) is 0 Å². The quantitative estimate of drug-likeness (QED) is 0.565. The first kappa shape index (κ1) is 22.3. The molecule has 32 heavy (non-hydrogen) atoms. The van der Waals surface area contributed by atoms with Crippen LogP contribution in [0.25, 0.3) is 0 Å². The van der Waals surface area contributed by atoms with Gasteiger partial charge in [-0.1, -0.05) is 23.7 Å². The molecule has 1 aliphatic carbocycles. The van der Waals surface area contributed by atoms with Gasteiger partial charge in [-0.15, -0.1) is 0 Å². The van der Waals surface area contributed by atoms with Gasteiger partial charge in [-0.05, 0) is 57.7 Å². The first-order valence-corrected chi connectivity index (χ1v) is 11.2. The number of allylic oxidation sites excluding steroid dienone is 3. The summed E-state index contributed by atoms with van der Waals surface area (Å²) in [6, 6.07) is 13.1. The second kappa shape index (κ2) is 9.27. The molecule has 8 heteroatoms. The van der Waals surface area contributed by atoms with Gasteiger partial charge in [0.1, 0.15) is 24.0 Å². The first-order valence-electron chi connectivity index (χ1n) is 10.0. The summed E-state index contributed by atoms with van der Waals surface area (Å²) in [5.41, 5.74) is 8.38. The van der Waals surface area contributed by atoms with Crippen molar-refractivity contribution in [2.24, 2.45) is 5.73 Å². The number of benzene rings is 2. The lowest BCUT2D eigenvalue weighted by atomic mass is 9.77. The number of Topliss-reactive ketones (excluding diaryl/α,β-unsaturated/α-hetero) is 1. The van der Waals surface area contributed by atoms with Gasteiger partial charge in [0.05, 0.1) is 17.5 Å². The molecular formula is C24H20BrClN2O4. The molecule has 0 unspecified atom stereocenters. The Labute approximate surface area is 199 Å². The Morgan fingerprint density at radius 2 is 2.03 bits per heavy atom. The monoisotopic (exact) mass is 514 g/mol. The molecule has 2 aliphatic rings. The van der Waals surface area contributed by atoms with Gasteiger partial charge in [-0.25, -0.2) is 0 Å². The summed E-state index contributed by atoms with van der Waals surface area (Å²) in [5, 5.41) is 10.4. The number of halogens is 2. The highest BCUT2D eigenvalue weighted by Gasteiger charge is 2.38. The molecule has 2 aromatic rings. The summed E-state index contributed by atoms with van der Waals surface area (Å²) in [6.07, 6.45) is 1.72. The standard InChI is InChI=1S/C24H20BrClN2O4/c1-30-20-10-14(9-17(25)23(20)31-12-13-5-7-15(26)8-6-13)21-16(11-27)24(28)32-19-4-2-3-18(29)22(19)21/h5-10,21H,2-4,12,28H2,1H3/t21-/m0/s1. The van der Waals surface area contributed by atoms with Crippen molar-refractivity contribution in [3.05, 3.63) is 79.8 Å². The van der Waals surface area contributed by atoms with E-state index in [1.807, 2.05) is 18.2 Å². The predicted octanol–water partition coefficient (Wildman–Crippen LogP) is 5.50. The van der Waals surface area contributed by atoms with Crippen LogP contribution in [-0.2, 0) is 16.1 Å². The summed E-state index contributed by atoms with van der Waals surface area (Å²) < 4.78 is 17.9. The molecule has 6 nitrogen and oxygen atoms in total. The number of methoxy groups -OCH3 is 1. The van der Waals surface area contributed by atoms with E-state index in [1.165, 1.54) is 7.11 Å². The van der Waals surface area contributed by atoms with E-state index in [4.69, 9.17) is 31.5 Å². The van der Waals surface area contributed by atoms with Crippen molar-refractivity contribution in [2.75, 3.05) is 7.11 Å². The molecule has 4 rings (SSSR count). The van der Waals surface area contributed by atoms with E-state index in [-0.39, 0.29) is 17.2 Å². The lowest BCUT2D eigenvalue weighted by Gasteiger charge is -2.31. The third kappa shape index (κ3) is 4.21. The Balaban J connectivity index is 1.73. The Bertz CT molecular complexity index is 1180. The van der Waals surface area contributed by atoms with Crippen molar-refractivity contribution in [1.29, 1.82) is 5.26 Å². The van der Waals surface area contributed by atoms with Gasteiger partial charge >= 0.3 is 0 Å². The molecule has 0 fully saturated rings. The third-order valence-corrected chi connectivity index (χ3v) is 6.33. The minimum Gasteiger partial charge on any atom is -0.493 e. The van der Waals surface area contributed by atoms with Gasteiger partial charge in [0.15, 0.2) is 17.3 Å². The fraction of sp³-hybridized carbons (Fsp3) is 0.250. The predicted molar refractivity (Wildman–Crippen MR) is 123 cm³/mol. The van der Waals surface area contributed by atoms with Crippen LogP contribution in [0.3, 0.4) is 0 Å². The fourth-order valence-corrected chi connectivity index (χ4v) is 4.67. The molecular weight excluding hydrogens is 496 g/mol. The topological polar surface area (TPSA) is 94.6 Å². The molecule has 2 N–H and O–H groups in total. The Morgan fingerprint density at radius 3 is 2.72 bits per heavy atom. The highest BCUT2D eigenvalue weighted by atomic mass is 79.9. The number of nitriles is 1. The van der Waals surface area contributed by atoms with Crippen molar-refractivity contribution in [3.63, 3.8) is 0 Å². The van der Waals surface area contributed by atoms with Gasteiger partial charge in [0.2, 0.25) is 5.88 Å². The largest absolute Gasteiger partial charge is 0.493 e. The second-order valence-corrected chi connectivity index (χ2v) is 8.78. The van der Waals surface area contributed by atoms with Crippen LogP contribution in [0.1, 0.15) is 36.3 Å². The lowest BCUT2D eigenvalue weighted by molar-refractivity contribution is -0.116. The molecule has 0 saturated carbocycles. The number of nitrogens with zero attached hydrogens (tertiary/aromatic N) is 1. The van der Waals surface area contributed by atoms with Gasteiger partial charge in [-0.3, -0.25) is 4.79 Å². The van der Waals surface area contributed by atoms with E-state index < -0.39 is 5.92 Å². The maximum Gasteiger partial charge on any atom is 0.205 e. The second-order valence-electron chi connectivity index (χ2n) is 7.49. The Kier molecular flexibility index (Phi) is 6.45. The van der Waals surface area contributed by atoms with E-state index in [1.54, 1.807) is 18.2 Å². The zero-order chi connectivity index (χ0) is 22.8. The molecule has 2 aromatic carbocycles. The van der Waals surface area contributed by atoms with Crippen LogP contribution in [0.15, 0.2) is 63.7 Å². The number of hydrogen-bond donors (Lipinski definition) is 1. The van der Waals surface area contributed by atoms with E-state index in [0.29, 0.717) is 63.8 Å². The van der Waals surface area contributed by atoms with Gasteiger partial charge in [0, 0.05) is 23.4 Å². The van der Waals surface area contributed by atoms with Crippen LogP contribution < -0.4 is 15.2 Å². The zero-order valence-electron chi connectivity index (χ0n) is 17.3. The molecule has 0 aromatic heterocycles. The summed E-state index contributed by atoms with van der Waals surface area (Å²) in [7, 11) is 1.54. The number of carbonyl (C=O) groups excluding carboxylic acids is 1. The van der Waals surface area contributed by atoms with Crippen LogP contribution in [0.4, 0.5) is 0 Å². The molecule has 0 spiro atoms. The Hall–Kier alpha value is -2.95. The molecule has 0 saturated heterocycles. The first-order chi connectivity index (χ1) is 15.4. The average molecular weight is 516 g/mol. The fourth-order valence-electron chi connectivity index (χ4n) is 3.97. The van der Waals surface area contributed by atoms with E-state index in [2.05, 4.69) is 22.0 Å². The van der Waals surface area contributed by atoms with E-state index >= 15 is 0 Å². The molecule has 0 radical (unpaired) electrons. The number of hydrogen-bond acceptors (Lipinski definition) is 6. The summed E-state index contributed by atoms with van der Waals surface area (Å²) >= 11 is 9.51. The Morgan fingerprint density at radius 1 is 1.28 bits per heavy atom. The molecule has 1 heterocycles. The van der Waals surface area contributed by atoms with E-state index in [0.717, 1.165) is 5.56 Å². The normalized spacial score (nSPS) is 18.1. The van der Waals surface area contributed by atoms with Crippen LogP contribution in [-0.4, -0.2) is 12.9 Å². The molecule has 0 bridgehead atoms. The van der Waals surface area contributed by atoms with Gasteiger partial charge < -0.3 is 19.9 Å². The summed E-state index contributed by atoms with van der Waals surface area (Å²) in [5.74, 6) is 0.903. The molecule has 0 amide bonds. The highest BCUT2D eigenvalue weighted by Crippen LogP contribution is 2.47. The SMILES string of the molecule is COc1cc([C@H]2C(C#N)=C(N)OC3=C2C(=O)CCC3)cc(Br)c1OCc1ccc(Cl)cc1. The summed E-state index contributed by atoms with van der Waals surface area (Å²) in [6.45, 7) is 0.312. The van der Waals surface area contributed by atoms with Crippen molar-refractivity contribution in [3.8, 4) is 17.6 Å². The van der Waals surface area contributed by atoms with Crippen LogP contribution in [0.5, 0.6) is 11.5 Å². The lowest BCUT2D eigenvalue weighted by Crippen LogP contribution is -2.27. The molecule has 1 aliphatic heterocycles. The average Bonchev–Trinajstić information content (AvgIpc) is 2.78. The number of ether oxygens (including phenoxy) is 3.